The summed E-state index contributed by atoms with van der Waals surface area (Å²) in [5.74, 6) is -1.92. The van der Waals surface area contributed by atoms with Crippen LogP contribution >= 0.6 is 0 Å². The summed E-state index contributed by atoms with van der Waals surface area (Å²) in [6, 6.07) is 18.1. The molecule has 8 nitrogen and oxygen atoms in total. The molecule has 9 heteroatoms. The summed E-state index contributed by atoms with van der Waals surface area (Å²) in [4.78, 5) is 41.3. The van der Waals surface area contributed by atoms with Gasteiger partial charge >= 0.3 is 0 Å². The van der Waals surface area contributed by atoms with Crippen molar-refractivity contribution in [2.45, 2.75) is 52.2 Å². The number of amides is 2. The molecule has 0 aliphatic carbocycles. The van der Waals surface area contributed by atoms with Crippen LogP contribution in [0.5, 0.6) is 0 Å². The highest BCUT2D eigenvalue weighted by Crippen LogP contribution is 2.31. The van der Waals surface area contributed by atoms with Gasteiger partial charge in [0.25, 0.3) is 0 Å². The average Bonchev–Trinajstić information content (AvgIpc) is 3.30. The Morgan fingerprint density at radius 2 is 1.74 bits per heavy atom. The Morgan fingerprint density at radius 3 is 2.45 bits per heavy atom. The van der Waals surface area contributed by atoms with E-state index in [9.17, 15) is 14.4 Å². The lowest BCUT2D eigenvalue weighted by Gasteiger charge is -2.35. The molecule has 3 aromatic carbocycles. The number of rotatable bonds is 9. The standard InChI is InChI=1S/C29H30FN5O3/c1-5-29(3,4)31-28(38)27(22-13-6-7-14-23(22)30)35(21-12-10-11-20(17-21)19(2)36)26(37)18-34-25-16-9-8-15-24(25)32-33-34/h6-17,27H,5,18H2,1-4H3,(H,31,38)/t27-/m1/s1. The number of nitrogens with zero attached hydrogens (tertiary/aromatic N) is 4. The predicted molar refractivity (Wildman–Crippen MR) is 143 cm³/mol. The molecule has 0 aliphatic heterocycles. The van der Waals surface area contributed by atoms with Crippen molar-refractivity contribution in [3.63, 3.8) is 0 Å². The zero-order valence-electron chi connectivity index (χ0n) is 21.8. The third-order valence-electron chi connectivity index (χ3n) is 6.56. The van der Waals surface area contributed by atoms with Gasteiger partial charge in [-0.2, -0.15) is 0 Å². The first-order valence-electron chi connectivity index (χ1n) is 12.4. The minimum atomic E-state index is -1.36. The number of anilines is 1. The fourth-order valence-corrected chi connectivity index (χ4v) is 4.13. The van der Waals surface area contributed by atoms with E-state index in [0.29, 0.717) is 23.0 Å². The van der Waals surface area contributed by atoms with Crippen molar-refractivity contribution in [3.8, 4) is 0 Å². The van der Waals surface area contributed by atoms with Crippen LogP contribution < -0.4 is 10.2 Å². The SMILES string of the molecule is CCC(C)(C)NC(=O)[C@@H](c1ccccc1F)N(C(=O)Cn1nnc2ccccc21)c1cccc(C(C)=O)c1. The lowest BCUT2D eigenvalue weighted by Crippen LogP contribution is -2.51. The van der Waals surface area contributed by atoms with Gasteiger partial charge in [-0.3, -0.25) is 19.3 Å². The number of benzene rings is 3. The van der Waals surface area contributed by atoms with Crippen LogP contribution in [0.3, 0.4) is 0 Å². The van der Waals surface area contributed by atoms with Gasteiger partial charge in [-0.15, -0.1) is 5.10 Å². The van der Waals surface area contributed by atoms with Crippen LogP contribution in [-0.4, -0.2) is 38.1 Å². The van der Waals surface area contributed by atoms with Crippen LogP contribution in [0.25, 0.3) is 11.0 Å². The third kappa shape index (κ3) is 5.61. The summed E-state index contributed by atoms with van der Waals surface area (Å²) in [5, 5.41) is 11.2. The maximum absolute atomic E-state index is 15.2. The smallest absolute Gasteiger partial charge is 0.249 e. The second-order valence-electron chi connectivity index (χ2n) is 9.76. The molecule has 196 valence electrons. The molecule has 0 radical (unpaired) electrons. The van der Waals surface area contributed by atoms with Gasteiger partial charge in [-0.25, -0.2) is 9.07 Å². The average molecular weight is 516 g/mol. The van der Waals surface area contributed by atoms with Gasteiger partial charge < -0.3 is 5.32 Å². The van der Waals surface area contributed by atoms with Gasteiger partial charge in [0, 0.05) is 22.4 Å². The Balaban J connectivity index is 1.88. The van der Waals surface area contributed by atoms with Crippen molar-refractivity contribution in [2.75, 3.05) is 4.90 Å². The van der Waals surface area contributed by atoms with E-state index in [4.69, 9.17) is 0 Å². The zero-order chi connectivity index (χ0) is 27.4. The monoisotopic (exact) mass is 515 g/mol. The third-order valence-corrected chi connectivity index (χ3v) is 6.56. The maximum Gasteiger partial charge on any atom is 0.249 e. The second-order valence-corrected chi connectivity index (χ2v) is 9.76. The second kappa shape index (κ2) is 10.9. The number of hydrogen-bond donors (Lipinski definition) is 1. The van der Waals surface area contributed by atoms with Crippen molar-refractivity contribution in [2.24, 2.45) is 0 Å². The highest BCUT2D eigenvalue weighted by atomic mass is 19.1. The summed E-state index contributed by atoms with van der Waals surface area (Å²) >= 11 is 0. The number of ketones is 1. The minimum Gasteiger partial charge on any atom is -0.349 e. The minimum absolute atomic E-state index is 0.0296. The Hall–Kier alpha value is -4.40. The number of Topliss-reactive ketones (excluding diaryl/α,β-unsaturated/α-hetero) is 1. The van der Waals surface area contributed by atoms with Gasteiger partial charge in [0.15, 0.2) is 5.78 Å². The molecule has 0 unspecified atom stereocenters. The molecule has 1 heterocycles. The van der Waals surface area contributed by atoms with Crippen LogP contribution in [-0.2, 0) is 16.1 Å². The lowest BCUT2D eigenvalue weighted by molar-refractivity contribution is -0.128. The fraction of sp³-hybridized carbons (Fsp3) is 0.276. The number of nitrogens with one attached hydrogen (secondary N) is 1. The van der Waals surface area contributed by atoms with E-state index in [0.717, 1.165) is 0 Å². The molecule has 4 rings (SSSR count). The number of fused-ring (bicyclic) bond motifs is 1. The van der Waals surface area contributed by atoms with E-state index in [2.05, 4.69) is 15.6 Å². The van der Waals surface area contributed by atoms with Crippen LogP contribution in [0.4, 0.5) is 10.1 Å². The summed E-state index contributed by atoms with van der Waals surface area (Å²) < 4.78 is 16.7. The first-order valence-corrected chi connectivity index (χ1v) is 12.4. The molecule has 0 aliphatic rings. The van der Waals surface area contributed by atoms with Gasteiger partial charge in [-0.05, 0) is 57.5 Å². The van der Waals surface area contributed by atoms with Crippen molar-refractivity contribution in [1.29, 1.82) is 0 Å². The number of hydrogen-bond acceptors (Lipinski definition) is 5. The quantitative estimate of drug-likeness (QED) is 0.321. The molecule has 1 N–H and O–H groups in total. The molecule has 38 heavy (non-hydrogen) atoms. The molecule has 4 aromatic rings. The number of halogens is 1. The predicted octanol–water partition coefficient (Wildman–Crippen LogP) is 4.85. The van der Waals surface area contributed by atoms with Gasteiger partial charge in [0.05, 0.1) is 5.52 Å². The number of carbonyl (C=O) groups excluding carboxylic acids is 3. The van der Waals surface area contributed by atoms with E-state index < -0.39 is 29.2 Å². The summed E-state index contributed by atoms with van der Waals surface area (Å²) in [6.07, 6.45) is 0.613. The van der Waals surface area contributed by atoms with Crippen molar-refractivity contribution in [1.82, 2.24) is 20.3 Å². The molecule has 0 spiro atoms. The molecule has 1 atom stereocenters. The molecule has 2 amide bonds. The Morgan fingerprint density at radius 1 is 1.03 bits per heavy atom. The molecule has 0 bridgehead atoms. The molecule has 0 saturated carbocycles. The van der Waals surface area contributed by atoms with Crippen LogP contribution in [0.2, 0.25) is 0 Å². The first-order chi connectivity index (χ1) is 18.1. The van der Waals surface area contributed by atoms with E-state index in [1.807, 2.05) is 32.9 Å². The highest BCUT2D eigenvalue weighted by Gasteiger charge is 2.37. The molecular weight excluding hydrogens is 485 g/mol. The summed E-state index contributed by atoms with van der Waals surface area (Å²) in [7, 11) is 0. The molecule has 0 fully saturated rings. The van der Waals surface area contributed by atoms with Crippen LogP contribution in [0.1, 0.15) is 56.1 Å². The Kier molecular flexibility index (Phi) is 7.66. The van der Waals surface area contributed by atoms with E-state index in [-0.39, 0.29) is 23.6 Å². The van der Waals surface area contributed by atoms with Crippen LogP contribution in [0.15, 0.2) is 72.8 Å². The molecule has 1 aromatic heterocycles. The van der Waals surface area contributed by atoms with E-state index in [1.165, 1.54) is 40.8 Å². The van der Waals surface area contributed by atoms with Crippen molar-refractivity contribution >= 4 is 34.3 Å². The Bertz CT molecular complexity index is 1500. The normalized spacial score (nSPS) is 12.2. The number of aromatic nitrogens is 3. The van der Waals surface area contributed by atoms with Crippen LogP contribution in [0, 0.1) is 5.82 Å². The molecular formula is C29H30FN5O3. The molecule has 0 saturated heterocycles. The van der Waals surface area contributed by atoms with Gasteiger partial charge in [0.2, 0.25) is 11.8 Å². The lowest BCUT2D eigenvalue weighted by atomic mass is 9.97. The fourth-order valence-electron chi connectivity index (χ4n) is 4.13. The van der Waals surface area contributed by atoms with E-state index >= 15 is 4.39 Å². The van der Waals surface area contributed by atoms with Crippen molar-refractivity contribution < 1.29 is 18.8 Å². The summed E-state index contributed by atoms with van der Waals surface area (Å²) in [6.45, 7) is 6.78. The van der Waals surface area contributed by atoms with Gasteiger partial charge in [0.1, 0.15) is 23.9 Å². The van der Waals surface area contributed by atoms with Gasteiger partial charge in [-0.1, -0.05) is 54.6 Å². The largest absolute Gasteiger partial charge is 0.349 e. The maximum atomic E-state index is 15.2. The number of para-hydroxylation sites is 1. The topological polar surface area (TPSA) is 97.2 Å². The zero-order valence-corrected chi connectivity index (χ0v) is 21.8. The first kappa shape index (κ1) is 26.7. The van der Waals surface area contributed by atoms with E-state index in [1.54, 1.807) is 36.4 Å². The summed E-state index contributed by atoms with van der Waals surface area (Å²) in [5.41, 5.74) is 1.30. The van der Waals surface area contributed by atoms with Crippen molar-refractivity contribution in [3.05, 3.63) is 89.7 Å². The number of carbonyl (C=O) groups is 3. The Labute approximate surface area is 220 Å². The highest BCUT2D eigenvalue weighted by molar-refractivity contribution is 6.03.